The van der Waals surface area contributed by atoms with Gasteiger partial charge in [0.2, 0.25) is 0 Å². The molecular weight excluding hydrogens is 346 g/mol. The summed E-state index contributed by atoms with van der Waals surface area (Å²) in [5.41, 5.74) is 0.171. The Balaban J connectivity index is 1.54. The van der Waals surface area contributed by atoms with Gasteiger partial charge in [-0.15, -0.1) is 0 Å². The number of carboxylic acids is 2. The van der Waals surface area contributed by atoms with Crippen molar-refractivity contribution in [2.75, 3.05) is 6.54 Å². The zero-order valence-electron chi connectivity index (χ0n) is 14.9. The van der Waals surface area contributed by atoms with Crippen molar-refractivity contribution in [2.24, 2.45) is 11.8 Å². The van der Waals surface area contributed by atoms with E-state index in [1.165, 1.54) is 0 Å². The zero-order chi connectivity index (χ0) is 19.0. The lowest BCUT2D eigenvalue weighted by molar-refractivity contribution is -0.141. The Kier molecular flexibility index (Phi) is 4.74. The topological polar surface area (TPSA) is 95.9 Å². The maximum absolute atomic E-state index is 11.7. The minimum Gasteiger partial charge on any atom is -0.489 e. The number of aliphatic carboxylic acids is 1. The summed E-state index contributed by atoms with van der Waals surface area (Å²) in [5, 5.41) is 23.8. The summed E-state index contributed by atoms with van der Waals surface area (Å²) in [6.45, 7) is 0.727. The number of carbonyl (C=O) groups is 2. The molecule has 1 aliphatic carbocycles. The van der Waals surface area contributed by atoms with Gasteiger partial charge in [-0.3, -0.25) is 4.79 Å². The Labute approximate surface area is 157 Å². The van der Waals surface area contributed by atoms with Crippen molar-refractivity contribution in [3.8, 4) is 5.75 Å². The molecule has 4 atom stereocenters. The van der Waals surface area contributed by atoms with E-state index in [0.29, 0.717) is 24.0 Å². The number of benzene rings is 2. The quantitative estimate of drug-likeness (QED) is 0.766. The molecule has 4 unspecified atom stereocenters. The number of nitrogens with one attached hydrogen (secondary N) is 1. The lowest BCUT2D eigenvalue weighted by Gasteiger charge is -2.41. The Morgan fingerprint density at radius 3 is 2.44 bits per heavy atom. The summed E-state index contributed by atoms with van der Waals surface area (Å²) in [6.07, 6.45) is 3.10. The SMILES string of the molecule is O=C(O)c1cc2ccccc2cc1OC1CCC2CNC(C(=O)O)CC2C1. The van der Waals surface area contributed by atoms with E-state index in [-0.39, 0.29) is 11.7 Å². The van der Waals surface area contributed by atoms with Crippen LogP contribution in [0.1, 0.15) is 36.0 Å². The Bertz CT molecular complexity index is 880. The lowest BCUT2D eigenvalue weighted by atomic mass is 9.72. The molecule has 0 bridgehead atoms. The number of rotatable bonds is 4. The van der Waals surface area contributed by atoms with Crippen LogP contribution in [0.15, 0.2) is 36.4 Å². The van der Waals surface area contributed by atoms with Crippen LogP contribution in [0.4, 0.5) is 0 Å². The van der Waals surface area contributed by atoms with Crippen LogP contribution in [-0.4, -0.2) is 40.8 Å². The zero-order valence-corrected chi connectivity index (χ0v) is 14.9. The maximum Gasteiger partial charge on any atom is 0.339 e. The van der Waals surface area contributed by atoms with Gasteiger partial charge < -0.3 is 20.3 Å². The summed E-state index contributed by atoms with van der Waals surface area (Å²) in [6, 6.07) is 10.6. The van der Waals surface area contributed by atoms with Crippen LogP contribution in [0.3, 0.4) is 0 Å². The first-order chi connectivity index (χ1) is 13.0. The molecule has 1 saturated carbocycles. The van der Waals surface area contributed by atoms with E-state index < -0.39 is 18.0 Å². The average Bonchev–Trinajstić information content (AvgIpc) is 2.66. The Morgan fingerprint density at radius 2 is 1.74 bits per heavy atom. The first-order valence-electron chi connectivity index (χ1n) is 9.40. The first-order valence-corrected chi connectivity index (χ1v) is 9.40. The highest BCUT2D eigenvalue weighted by molar-refractivity contribution is 5.97. The van der Waals surface area contributed by atoms with E-state index in [9.17, 15) is 19.8 Å². The minimum absolute atomic E-state index is 0.0851. The number of piperidine rings is 1. The molecule has 27 heavy (non-hydrogen) atoms. The molecular formula is C21H23NO5. The van der Waals surface area contributed by atoms with Crippen molar-refractivity contribution < 1.29 is 24.5 Å². The van der Waals surface area contributed by atoms with Crippen LogP contribution in [0, 0.1) is 11.8 Å². The van der Waals surface area contributed by atoms with E-state index >= 15 is 0 Å². The predicted molar refractivity (Wildman–Crippen MR) is 100 cm³/mol. The summed E-state index contributed by atoms with van der Waals surface area (Å²) < 4.78 is 6.15. The van der Waals surface area contributed by atoms with Crippen LogP contribution in [0.25, 0.3) is 10.8 Å². The number of fused-ring (bicyclic) bond motifs is 2. The molecule has 2 aromatic carbocycles. The molecule has 2 aromatic rings. The molecule has 1 heterocycles. The molecule has 3 N–H and O–H groups in total. The van der Waals surface area contributed by atoms with Crippen LogP contribution in [0.2, 0.25) is 0 Å². The molecule has 0 radical (unpaired) electrons. The molecule has 1 saturated heterocycles. The smallest absolute Gasteiger partial charge is 0.339 e. The summed E-state index contributed by atoms with van der Waals surface area (Å²) in [7, 11) is 0. The van der Waals surface area contributed by atoms with Gasteiger partial charge >= 0.3 is 11.9 Å². The van der Waals surface area contributed by atoms with Crippen molar-refractivity contribution in [1.29, 1.82) is 0 Å². The van der Waals surface area contributed by atoms with Crippen molar-refractivity contribution in [1.82, 2.24) is 5.32 Å². The molecule has 4 rings (SSSR count). The standard InChI is InChI=1S/C21H23NO5/c23-20(24)17-8-12-3-1-2-4-13(12)10-19(17)27-16-6-5-14-11-22-18(21(25)26)9-15(14)7-16/h1-4,8,10,14-16,18,22H,5-7,9,11H2,(H,23,24)(H,25,26). The van der Waals surface area contributed by atoms with Gasteiger partial charge in [0.15, 0.2) is 0 Å². The van der Waals surface area contributed by atoms with Gasteiger partial charge in [0.25, 0.3) is 0 Å². The second kappa shape index (κ2) is 7.19. The Hall–Kier alpha value is -2.60. The van der Waals surface area contributed by atoms with Gasteiger partial charge in [0.1, 0.15) is 17.4 Å². The third kappa shape index (κ3) is 3.62. The third-order valence-corrected chi connectivity index (χ3v) is 5.93. The van der Waals surface area contributed by atoms with E-state index in [2.05, 4.69) is 5.32 Å². The molecule has 1 aliphatic heterocycles. The highest BCUT2D eigenvalue weighted by Crippen LogP contribution is 2.38. The molecule has 0 spiro atoms. The minimum atomic E-state index is -1.00. The number of carboxylic acid groups (broad SMARTS) is 2. The van der Waals surface area contributed by atoms with Crippen LogP contribution < -0.4 is 10.1 Å². The van der Waals surface area contributed by atoms with Gasteiger partial charge in [-0.05, 0) is 67.0 Å². The number of hydrogen-bond acceptors (Lipinski definition) is 4. The highest BCUT2D eigenvalue weighted by atomic mass is 16.5. The van der Waals surface area contributed by atoms with Crippen LogP contribution >= 0.6 is 0 Å². The van der Waals surface area contributed by atoms with Gasteiger partial charge in [-0.25, -0.2) is 4.79 Å². The monoisotopic (exact) mass is 369 g/mol. The fourth-order valence-corrected chi connectivity index (χ4v) is 4.48. The van der Waals surface area contributed by atoms with E-state index in [1.54, 1.807) is 12.1 Å². The Morgan fingerprint density at radius 1 is 1.00 bits per heavy atom. The fourth-order valence-electron chi connectivity index (χ4n) is 4.48. The van der Waals surface area contributed by atoms with E-state index in [4.69, 9.17) is 4.74 Å². The molecule has 6 heteroatoms. The summed E-state index contributed by atoms with van der Waals surface area (Å²) in [4.78, 5) is 23.0. The second-order valence-electron chi connectivity index (χ2n) is 7.61. The highest BCUT2D eigenvalue weighted by Gasteiger charge is 2.38. The summed E-state index contributed by atoms with van der Waals surface area (Å²) >= 11 is 0. The maximum atomic E-state index is 11.7. The molecule has 6 nitrogen and oxygen atoms in total. The number of ether oxygens (including phenoxy) is 1. The van der Waals surface area contributed by atoms with E-state index in [0.717, 1.165) is 36.6 Å². The molecule has 2 fully saturated rings. The van der Waals surface area contributed by atoms with Gasteiger partial charge in [0, 0.05) is 0 Å². The van der Waals surface area contributed by atoms with Crippen molar-refractivity contribution in [3.05, 3.63) is 42.0 Å². The molecule has 0 aromatic heterocycles. The van der Waals surface area contributed by atoms with Gasteiger partial charge in [-0.1, -0.05) is 24.3 Å². The van der Waals surface area contributed by atoms with Gasteiger partial charge in [0.05, 0.1) is 6.10 Å². The largest absolute Gasteiger partial charge is 0.489 e. The van der Waals surface area contributed by atoms with Crippen LogP contribution in [-0.2, 0) is 4.79 Å². The lowest BCUT2D eigenvalue weighted by Crippen LogP contribution is -2.50. The van der Waals surface area contributed by atoms with Crippen molar-refractivity contribution in [2.45, 2.75) is 37.8 Å². The molecule has 142 valence electrons. The average molecular weight is 369 g/mol. The second-order valence-corrected chi connectivity index (χ2v) is 7.61. The fraction of sp³-hybridized carbons (Fsp3) is 0.429. The van der Waals surface area contributed by atoms with E-state index in [1.807, 2.05) is 24.3 Å². The third-order valence-electron chi connectivity index (χ3n) is 5.93. The van der Waals surface area contributed by atoms with Crippen molar-refractivity contribution >= 4 is 22.7 Å². The van der Waals surface area contributed by atoms with Crippen LogP contribution in [0.5, 0.6) is 5.75 Å². The number of hydrogen-bond donors (Lipinski definition) is 3. The molecule has 0 amide bonds. The predicted octanol–water partition coefficient (Wildman–Crippen LogP) is 3.15. The van der Waals surface area contributed by atoms with Crippen molar-refractivity contribution in [3.63, 3.8) is 0 Å². The summed E-state index contributed by atoms with van der Waals surface area (Å²) in [5.74, 6) is -0.652. The van der Waals surface area contributed by atoms with Gasteiger partial charge in [-0.2, -0.15) is 0 Å². The first kappa shape index (κ1) is 17.8. The molecule has 2 aliphatic rings. The number of aromatic carboxylic acids is 1. The normalized spacial score (nSPS) is 27.7.